The molecule has 1 atom stereocenters. The molecule has 0 aliphatic carbocycles. The van der Waals surface area contributed by atoms with Crippen LogP contribution in [-0.2, 0) is 41.8 Å². The molecule has 0 saturated heterocycles. The van der Waals surface area contributed by atoms with Crippen LogP contribution in [0, 0.1) is 5.92 Å². The Morgan fingerprint density at radius 3 is 2.42 bits per heavy atom. The van der Waals surface area contributed by atoms with Gasteiger partial charge in [-0.3, -0.25) is 24.1 Å². The number of imidazole rings is 1. The number of nitrogens with zero attached hydrogens (tertiary/aromatic N) is 4. The highest BCUT2D eigenvalue weighted by Gasteiger charge is 2.29. The van der Waals surface area contributed by atoms with Gasteiger partial charge in [-0.15, -0.1) is 0 Å². The number of anilines is 1. The molecule has 2 aromatic heterocycles. The third-order valence-corrected chi connectivity index (χ3v) is 8.21. The summed E-state index contributed by atoms with van der Waals surface area (Å²) in [5.41, 5.74) is 1.04. The molecule has 0 bridgehead atoms. The van der Waals surface area contributed by atoms with Crippen molar-refractivity contribution in [3.63, 3.8) is 0 Å². The van der Waals surface area contributed by atoms with Crippen molar-refractivity contribution in [2.24, 2.45) is 5.92 Å². The maximum absolute atomic E-state index is 13.3. The van der Waals surface area contributed by atoms with E-state index in [1.54, 1.807) is 13.8 Å². The number of fused-ring (bicyclic) bond motifs is 3. The number of unbranched alkanes of at least 4 members (excludes halogenated alkanes) is 2. The highest BCUT2D eigenvalue weighted by molar-refractivity contribution is 6.13. The minimum atomic E-state index is -1.30. The van der Waals surface area contributed by atoms with Crippen molar-refractivity contribution in [2.45, 2.75) is 85.1 Å². The lowest BCUT2D eigenvalue weighted by Crippen LogP contribution is -2.46. The molecule has 3 aromatic rings. The second-order valence-electron chi connectivity index (χ2n) is 13.0. The molecular weight excluding hydrogens is 646 g/mol. The van der Waals surface area contributed by atoms with Crippen LogP contribution in [-0.4, -0.2) is 92.2 Å². The van der Waals surface area contributed by atoms with E-state index in [1.165, 1.54) is 17.1 Å². The van der Waals surface area contributed by atoms with Gasteiger partial charge >= 0.3 is 6.09 Å². The Morgan fingerprint density at radius 2 is 1.74 bits per heavy atom. The molecule has 0 fully saturated rings. The number of para-hydroxylation sites is 1. The quantitative estimate of drug-likeness (QED) is 0.106. The van der Waals surface area contributed by atoms with Crippen molar-refractivity contribution in [1.82, 2.24) is 30.1 Å². The van der Waals surface area contributed by atoms with Crippen molar-refractivity contribution < 1.29 is 38.6 Å². The minimum Gasteiger partial charge on any atom is -0.465 e. The van der Waals surface area contributed by atoms with Crippen LogP contribution in [0.3, 0.4) is 0 Å². The summed E-state index contributed by atoms with van der Waals surface area (Å²) in [6.07, 6.45) is 3.54. The summed E-state index contributed by atoms with van der Waals surface area (Å²) in [6, 6.07) is 6.48. The number of ether oxygens (including phenoxy) is 2. The van der Waals surface area contributed by atoms with E-state index in [-0.39, 0.29) is 42.7 Å². The Morgan fingerprint density at radius 1 is 1.02 bits per heavy atom. The highest BCUT2D eigenvalue weighted by Crippen LogP contribution is 2.32. The number of carbonyl (C=O) groups excluding carboxylic acids is 4. The van der Waals surface area contributed by atoms with Crippen molar-refractivity contribution in [2.75, 3.05) is 31.6 Å². The summed E-state index contributed by atoms with van der Waals surface area (Å²) in [4.78, 5) is 71.2. The van der Waals surface area contributed by atoms with E-state index in [2.05, 4.69) is 16.0 Å². The average molecular weight is 694 g/mol. The number of carbonyl (C=O) groups is 5. The van der Waals surface area contributed by atoms with Crippen molar-refractivity contribution in [1.29, 1.82) is 0 Å². The molecule has 15 heteroatoms. The van der Waals surface area contributed by atoms with Gasteiger partial charge < -0.3 is 35.1 Å². The number of pyridine rings is 1. The van der Waals surface area contributed by atoms with Crippen molar-refractivity contribution in [3.05, 3.63) is 42.2 Å². The Hall–Kier alpha value is -4.89. The third-order valence-electron chi connectivity index (χ3n) is 8.21. The Labute approximate surface area is 290 Å². The summed E-state index contributed by atoms with van der Waals surface area (Å²) in [6.45, 7) is 11.2. The highest BCUT2D eigenvalue weighted by atomic mass is 16.5. The van der Waals surface area contributed by atoms with Crippen LogP contribution in [0.5, 0.6) is 0 Å². The number of nitrogens with one attached hydrogen (secondary N) is 3. The molecule has 1 aliphatic rings. The van der Waals surface area contributed by atoms with E-state index in [9.17, 15) is 29.1 Å². The summed E-state index contributed by atoms with van der Waals surface area (Å²) >= 11 is 0. The van der Waals surface area contributed by atoms with E-state index < -0.39 is 23.6 Å². The second-order valence-corrected chi connectivity index (χ2v) is 13.0. The van der Waals surface area contributed by atoms with E-state index in [4.69, 9.17) is 19.4 Å². The predicted molar refractivity (Wildman–Crippen MR) is 186 cm³/mol. The maximum atomic E-state index is 13.3. The number of amides is 5. The zero-order valence-corrected chi connectivity index (χ0v) is 29.3. The van der Waals surface area contributed by atoms with Crippen LogP contribution >= 0.6 is 0 Å². The molecule has 0 radical (unpaired) electrons. The topological polar surface area (TPSA) is 194 Å². The second kappa shape index (κ2) is 17.2. The zero-order valence-electron chi connectivity index (χ0n) is 29.3. The van der Waals surface area contributed by atoms with Gasteiger partial charge in [0.25, 0.3) is 11.8 Å². The fourth-order valence-electron chi connectivity index (χ4n) is 5.72. The molecule has 50 heavy (non-hydrogen) atoms. The summed E-state index contributed by atoms with van der Waals surface area (Å²) in [5.74, 6) is -0.769. The first-order valence-electron chi connectivity index (χ1n) is 16.9. The first-order valence-corrected chi connectivity index (χ1v) is 16.9. The molecule has 3 heterocycles. The number of imide groups is 1. The number of hydrogen-bond donors (Lipinski definition) is 4. The molecular formula is C35H47N7O8. The van der Waals surface area contributed by atoms with Gasteiger partial charge in [0.15, 0.2) is 5.82 Å². The fraction of sp³-hybridized carbons (Fsp3) is 0.514. The standard InChI is InChI=1S/C35H47N7O8/c1-6-49-20-25-38-30-31(23-12-9-10-13-24(23)37-32(30)40-33(46)29(22(2)3)39-34(47)48)42(25)21-35(4,5)50-19-17-36-26(43)14-8-7-11-18-41-27(44)15-16-28(41)45/h9-10,12-13,15-16,22,29,39H,6-8,11,14,17-21H2,1-5H3,(H,36,43)(H,47,48)(H,37,40,46). The van der Waals surface area contributed by atoms with Crippen LogP contribution in [0.15, 0.2) is 36.4 Å². The van der Waals surface area contributed by atoms with Crippen molar-refractivity contribution in [3.8, 4) is 0 Å². The Balaban J connectivity index is 1.43. The van der Waals surface area contributed by atoms with Gasteiger partial charge in [-0.1, -0.05) is 38.5 Å². The minimum absolute atomic E-state index is 0.104. The number of carboxylic acid groups (broad SMARTS) is 1. The lowest BCUT2D eigenvalue weighted by Gasteiger charge is -2.27. The van der Waals surface area contributed by atoms with Crippen LogP contribution in [0.1, 0.15) is 66.1 Å². The molecule has 1 unspecified atom stereocenters. The van der Waals surface area contributed by atoms with Crippen LogP contribution in [0.4, 0.5) is 10.6 Å². The van der Waals surface area contributed by atoms with Gasteiger partial charge in [-0.05, 0) is 45.6 Å². The smallest absolute Gasteiger partial charge is 0.405 e. The third kappa shape index (κ3) is 9.85. The molecule has 15 nitrogen and oxygen atoms in total. The van der Waals surface area contributed by atoms with Gasteiger partial charge in [0, 0.05) is 43.7 Å². The van der Waals surface area contributed by atoms with Gasteiger partial charge in [0.05, 0.1) is 29.8 Å². The molecule has 1 aliphatic heterocycles. The molecule has 1 aromatic carbocycles. The molecule has 270 valence electrons. The zero-order chi connectivity index (χ0) is 36.4. The number of benzene rings is 1. The van der Waals surface area contributed by atoms with E-state index in [1.807, 2.05) is 49.6 Å². The molecule has 4 N–H and O–H groups in total. The SMILES string of the molecule is CCOCc1nc2c(NC(=O)C(NC(=O)O)C(C)C)nc3ccccc3c2n1CC(C)(C)OCCNC(=O)CCCCCN1C(=O)C=CC1=O. The number of aromatic nitrogens is 3. The average Bonchev–Trinajstić information content (AvgIpc) is 3.58. The largest absolute Gasteiger partial charge is 0.465 e. The van der Waals surface area contributed by atoms with Crippen molar-refractivity contribution >= 4 is 57.5 Å². The van der Waals surface area contributed by atoms with Gasteiger partial charge in [-0.25, -0.2) is 14.8 Å². The lowest BCUT2D eigenvalue weighted by atomic mass is 10.0. The number of hydrogen-bond acceptors (Lipinski definition) is 9. The predicted octanol–water partition coefficient (Wildman–Crippen LogP) is 3.75. The normalized spacial score (nSPS) is 13.8. The van der Waals surface area contributed by atoms with Gasteiger partial charge in [-0.2, -0.15) is 0 Å². The Bertz CT molecular complexity index is 1730. The van der Waals surface area contributed by atoms with E-state index in [0.29, 0.717) is 74.3 Å². The lowest BCUT2D eigenvalue weighted by molar-refractivity contribution is -0.137. The van der Waals surface area contributed by atoms with Gasteiger partial charge in [0.1, 0.15) is 24.0 Å². The first-order chi connectivity index (χ1) is 23.8. The fourth-order valence-corrected chi connectivity index (χ4v) is 5.72. The number of rotatable bonds is 19. The molecule has 0 spiro atoms. The van der Waals surface area contributed by atoms with E-state index in [0.717, 1.165) is 5.39 Å². The molecule has 4 rings (SSSR count). The monoisotopic (exact) mass is 693 g/mol. The van der Waals surface area contributed by atoms with E-state index >= 15 is 0 Å². The van der Waals surface area contributed by atoms with Crippen LogP contribution in [0.25, 0.3) is 21.9 Å². The molecule has 0 saturated carbocycles. The molecule has 5 amide bonds. The van der Waals surface area contributed by atoms with Crippen LogP contribution in [0.2, 0.25) is 0 Å². The maximum Gasteiger partial charge on any atom is 0.405 e. The summed E-state index contributed by atoms with van der Waals surface area (Å²) < 4.78 is 14.0. The van der Waals surface area contributed by atoms with Gasteiger partial charge in [0.2, 0.25) is 11.8 Å². The summed E-state index contributed by atoms with van der Waals surface area (Å²) in [5, 5.41) is 18.1. The Kier molecular flexibility index (Phi) is 13.0. The van der Waals surface area contributed by atoms with Crippen LogP contribution < -0.4 is 16.0 Å². The first kappa shape index (κ1) is 37.9. The summed E-state index contributed by atoms with van der Waals surface area (Å²) in [7, 11) is 0.